The highest BCUT2D eigenvalue weighted by Gasteiger charge is 2.27. The number of hydrogen-bond donors (Lipinski definition) is 0. The van der Waals surface area contributed by atoms with E-state index in [9.17, 15) is 4.79 Å². The Morgan fingerprint density at radius 1 is 1.14 bits per heavy atom. The van der Waals surface area contributed by atoms with E-state index in [1.807, 2.05) is 36.1 Å². The molecule has 1 unspecified atom stereocenters. The Morgan fingerprint density at radius 2 is 1.96 bits per heavy atom. The standard InChI is InChI=1S/C22H27N3O3/c1-2-27-21-9-5-8-20(23-21)24-11-13-25(14-12-24)22(26)16-19-18-7-4-3-6-17(18)10-15-28-19/h3-9,19H,2,10-16H2,1H3. The van der Waals surface area contributed by atoms with Crippen LogP contribution in [0, 0.1) is 0 Å². The van der Waals surface area contributed by atoms with Crippen LogP contribution in [0.5, 0.6) is 5.88 Å². The van der Waals surface area contributed by atoms with Crippen molar-refractivity contribution >= 4 is 11.7 Å². The quantitative estimate of drug-likeness (QED) is 0.797. The maximum absolute atomic E-state index is 12.9. The summed E-state index contributed by atoms with van der Waals surface area (Å²) in [6.07, 6.45) is 1.21. The first-order chi connectivity index (χ1) is 13.7. The lowest BCUT2D eigenvalue weighted by atomic mass is 9.95. The van der Waals surface area contributed by atoms with Crippen LogP contribution in [-0.4, -0.2) is 55.2 Å². The lowest BCUT2D eigenvalue weighted by Crippen LogP contribution is -2.49. The molecule has 0 radical (unpaired) electrons. The third-order valence-electron chi connectivity index (χ3n) is 5.41. The Morgan fingerprint density at radius 3 is 2.79 bits per heavy atom. The zero-order valence-electron chi connectivity index (χ0n) is 16.3. The molecule has 1 amide bonds. The number of fused-ring (bicyclic) bond motifs is 1. The average molecular weight is 381 g/mol. The van der Waals surface area contributed by atoms with Crippen LogP contribution in [0.3, 0.4) is 0 Å². The van der Waals surface area contributed by atoms with Gasteiger partial charge in [-0.1, -0.05) is 30.3 Å². The molecule has 4 rings (SSSR count). The molecule has 0 bridgehead atoms. The number of ether oxygens (including phenoxy) is 2. The second-order valence-electron chi connectivity index (χ2n) is 7.15. The Labute approximate surface area is 166 Å². The summed E-state index contributed by atoms with van der Waals surface area (Å²) in [5.41, 5.74) is 2.47. The number of carbonyl (C=O) groups excluding carboxylic acids is 1. The zero-order valence-corrected chi connectivity index (χ0v) is 16.3. The minimum absolute atomic E-state index is 0.125. The van der Waals surface area contributed by atoms with Crippen molar-refractivity contribution in [3.8, 4) is 5.88 Å². The van der Waals surface area contributed by atoms with Crippen molar-refractivity contribution in [2.75, 3.05) is 44.3 Å². The van der Waals surface area contributed by atoms with Crippen LogP contribution in [-0.2, 0) is 16.0 Å². The van der Waals surface area contributed by atoms with Gasteiger partial charge in [0.15, 0.2) is 0 Å². The van der Waals surface area contributed by atoms with E-state index >= 15 is 0 Å². The highest BCUT2D eigenvalue weighted by molar-refractivity contribution is 5.77. The van der Waals surface area contributed by atoms with E-state index < -0.39 is 0 Å². The molecular formula is C22H27N3O3. The van der Waals surface area contributed by atoms with Crippen LogP contribution in [0.1, 0.15) is 30.6 Å². The van der Waals surface area contributed by atoms with Gasteiger partial charge in [0.05, 0.1) is 25.7 Å². The van der Waals surface area contributed by atoms with Crippen molar-refractivity contribution in [2.45, 2.75) is 25.9 Å². The normalized spacial score (nSPS) is 19.2. The van der Waals surface area contributed by atoms with Crippen molar-refractivity contribution in [1.29, 1.82) is 0 Å². The molecule has 148 valence electrons. The first-order valence-corrected chi connectivity index (χ1v) is 10.1. The number of aromatic nitrogens is 1. The number of amides is 1. The van der Waals surface area contributed by atoms with Crippen LogP contribution in [0.4, 0.5) is 5.82 Å². The van der Waals surface area contributed by atoms with Gasteiger partial charge in [0, 0.05) is 32.2 Å². The highest BCUT2D eigenvalue weighted by Crippen LogP contribution is 2.30. The molecule has 1 aromatic heterocycles. The number of rotatable bonds is 5. The molecular weight excluding hydrogens is 354 g/mol. The van der Waals surface area contributed by atoms with Crippen molar-refractivity contribution in [3.05, 3.63) is 53.6 Å². The minimum atomic E-state index is -0.125. The number of nitrogens with zero attached hydrogens (tertiary/aromatic N) is 3. The van der Waals surface area contributed by atoms with Gasteiger partial charge in [0.2, 0.25) is 11.8 Å². The van der Waals surface area contributed by atoms with E-state index in [0.29, 0.717) is 38.6 Å². The molecule has 3 heterocycles. The molecule has 1 aromatic carbocycles. The second-order valence-corrected chi connectivity index (χ2v) is 7.15. The Hall–Kier alpha value is -2.60. The monoisotopic (exact) mass is 381 g/mol. The Balaban J connectivity index is 1.34. The number of hydrogen-bond acceptors (Lipinski definition) is 5. The number of carbonyl (C=O) groups is 1. The van der Waals surface area contributed by atoms with Gasteiger partial charge in [0.1, 0.15) is 5.82 Å². The maximum atomic E-state index is 12.9. The van der Waals surface area contributed by atoms with Crippen molar-refractivity contribution in [1.82, 2.24) is 9.88 Å². The topological polar surface area (TPSA) is 54.9 Å². The van der Waals surface area contributed by atoms with Crippen molar-refractivity contribution in [2.24, 2.45) is 0 Å². The summed E-state index contributed by atoms with van der Waals surface area (Å²) < 4.78 is 11.4. The van der Waals surface area contributed by atoms with E-state index in [0.717, 1.165) is 30.9 Å². The van der Waals surface area contributed by atoms with Gasteiger partial charge < -0.3 is 19.3 Å². The molecule has 0 spiro atoms. The predicted molar refractivity (Wildman–Crippen MR) is 108 cm³/mol. The SMILES string of the molecule is CCOc1cccc(N2CCN(C(=O)CC3OCCc4ccccc43)CC2)n1. The first kappa shape index (κ1) is 18.7. The first-order valence-electron chi connectivity index (χ1n) is 10.1. The predicted octanol–water partition coefficient (Wildman–Crippen LogP) is 2.83. The van der Waals surface area contributed by atoms with Gasteiger partial charge in [0.25, 0.3) is 0 Å². The number of benzene rings is 1. The summed E-state index contributed by atoms with van der Waals surface area (Å²) in [6, 6.07) is 14.1. The van der Waals surface area contributed by atoms with Crippen molar-refractivity contribution < 1.29 is 14.3 Å². The molecule has 6 nitrogen and oxygen atoms in total. The number of anilines is 1. The summed E-state index contributed by atoms with van der Waals surface area (Å²) in [5.74, 6) is 1.71. The van der Waals surface area contributed by atoms with Gasteiger partial charge in [-0.15, -0.1) is 0 Å². The lowest BCUT2D eigenvalue weighted by molar-refractivity contribution is -0.135. The van der Waals surface area contributed by atoms with Gasteiger partial charge in [-0.2, -0.15) is 4.98 Å². The van der Waals surface area contributed by atoms with Crippen LogP contribution in [0.15, 0.2) is 42.5 Å². The summed E-state index contributed by atoms with van der Waals surface area (Å²) in [5, 5.41) is 0. The molecule has 6 heteroatoms. The fourth-order valence-electron chi connectivity index (χ4n) is 3.93. The fraction of sp³-hybridized carbons (Fsp3) is 0.455. The molecule has 2 aliphatic rings. The Bertz CT molecular complexity index is 818. The third kappa shape index (κ3) is 4.12. The van der Waals surface area contributed by atoms with Crippen LogP contribution in [0.2, 0.25) is 0 Å². The van der Waals surface area contributed by atoms with Crippen LogP contribution >= 0.6 is 0 Å². The van der Waals surface area contributed by atoms with Gasteiger partial charge in [-0.3, -0.25) is 4.79 Å². The molecule has 1 atom stereocenters. The van der Waals surface area contributed by atoms with E-state index in [-0.39, 0.29) is 12.0 Å². The average Bonchev–Trinajstić information content (AvgIpc) is 2.74. The largest absolute Gasteiger partial charge is 0.478 e. The van der Waals surface area contributed by atoms with E-state index in [2.05, 4.69) is 28.1 Å². The number of pyridine rings is 1. The van der Waals surface area contributed by atoms with Gasteiger partial charge in [-0.05, 0) is 30.5 Å². The smallest absolute Gasteiger partial charge is 0.225 e. The molecule has 2 aromatic rings. The Kier molecular flexibility index (Phi) is 5.76. The maximum Gasteiger partial charge on any atom is 0.225 e. The van der Waals surface area contributed by atoms with Crippen LogP contribution in [0.25, 0.3) is 0 Å². The van der Waals surface area contributed by atoms with Crippen molar-refractivity contribution in [3.63, 3.8) is 0 Å². The van der Waals surface area contributed by atoms with E-state index in [1.165, 1.54) is 5.56 Å². The van der Waals surface area contributed by atoms with Gasteiger partial charge >= 0.3 is 0 Å². The van der Waals surface area contributed by atoms with Gasteiger partial charge in [-0.25, -0.2) is 0 Å². The number of piperazine rings is 1. The molecule has 1 fully saturated rings. The molecule has 0 N–H and O–H groups in total. The summed E-state index contributed by atoms with van der Waals surface area (Å²) in [6.45, 7) is 6.19. The summed E-state index contributed by atoms with van der Waals surface area (Å²) in [7, 11) is 0. The highest BCUT2D eigenvalue weighted by atomic mass is 16.5. The lowest BCUT2D eigenvalue weighted by Gasteiger charge is -2.36. The summed E-state index contributed by atoms with van der Waals surface area (Å²) in [4.78, 5) is 21.6. The molecule has 0 aliphatic carbocycles. The van der Waals surface area contributed by atoms with Crippen LogP contribution < -0.4 is 9.64 Å². The molecule has 28 heavy (non-hydrogen) atoms. The molecule has 1 saturated heterocycles. The summed E-state index contributed by atoms with van der Waals surface area (Å²) >= 11 is 0. The van der Waals surface area contributed by atoms with E-state index in [1.54, 1.807) is 0 Å². The minimum Gasteiger partial charge on any atom is -0.478 e. The molecule has 2 aliphatic heterocycles. The second kappa shape index (κ2) is 8.61. The molecule has 0 saturated carbocycles. The third-order valence-corrected chi connectivity index (χ3v) is 5.41. The fourth-order valence-corrected chi connectivity index (χ4v) is 3.93. The zero-order chi connectivity index (χ0) is 19.3. The van der Waals surface area contributed by atoms with E-state index in [4.69, 9.17) is 9.47 Å².